The largest absolute Gasteiger partial charge is 0.497 e. The number of carbonyl (C=O) groups excluding carboxylic acids is 1. The quantitative estimate of drug-likeness (QED) is 0.402. The highest BCUT2D eigenvalue weighted by atomic mass is 32.2. The first kappa shape index (κ1) is 23.8. The summed E-state index contributed by atoms with van der Waals surface area (Å²) < 4.78 is 37.4. The lowest BCUT2D eigenvalue weighted by molar-refractivity contribution is 0.0953. The molecule has 6 nitrogen and oxygen atoms in total. The first-order chi connectivity index (χ1) is 15.5. The Hall–Kier alpha value is -2.84. The van der Waals surface area contributed by atoms with Crippen LogP contribution in [0.3, 0.4) is 0 Å². The second kappa shape index (κ2) is 11.2. The second-order valence-electron chi connectivity index (χ2n) is 7.16. The maximum absolute atomic E-state index is 13.3. The van der Waals surface area contributed by atoms with Gasteiger partial charge in [0.25, 0.3) is 5.91 Å². The highest BCUT2D eigenvalue weighted by Crippen LogP contribution is 2.32. The zero-order chi connectivity index (χ0) is 23.0. The molecule has 1 aromatic heterocycles. The molecule has 0 saturated heterocycles. The fourth-order valence-electron chi connectivity index (χ4n) is 3.09. The summed E-state index contributed by atoms with van der Waals surface area (Å²) in [5, 5.41) is 3.71. The minimum absolute atomic E-state index is 0.0392. The molecule has 3 aromatic rings. The van der Waals surface area contributed by atoms with Crippen molar-refractivity contribution >= 4 is 27.1 Å². The number of sulfone groups is 1. The van der Waals surface area contributed by atoms with Crippen LogP contribution in [0.15, 0.2) is 70.9 Å². The Kier molecular flexibility index (Phi) is 8.30. The number of thiophene rings is 1. The van der Waals surface area contributed by atoms with Crippen molar-refractivity contribution in [1.29, 1.82) is 0 Å². The average molecular weight is 474 g/mol. The van der Waals surface area contributed by atoms with Gasteiger partial charge in [0.05, 0.1) is 18.6 Å². The van der Waals surface area contributed by atoms with E-state index < -0.39 is 15.1 Å². The molecule has 1 amide bonds. The van der Waals surface area contributed by atoms with Crippen LogP contribution in [-0.4, -0.2) is 34.6 Å². The van der Waals surface area contributed by atoms with Gasteiger partial charge in [0.1, 0.15) is 16.7 Å². The van der Waals surface area contributed by atoms with E-state index in [1.54, 1.807) is 48.5 Å². The van der Waals surface area contributed by atoms with Crippen LogP contribution in [0.1, 0.15) is 40.3 Å². The fraction of sp³-hybridized carbons (Fsp3) is 0.292. The number of amides is 1. The van der Waals surface area contributed by atoms with Crippen LogP contribution in [-0.2, 0) is 9.84 Å². The summed E-state index contributed by atoms with van der Waals surface area (Å²) in [4.78, 5) is 13.5. The number of methoxy groups -OCH3 is 1. The molecule has 32 heavy (non-hydrogen) atoms. The number of nitrogens with one attached hydrogen (secondary N) is 1. The van der Waals surface area contributed by atoms with Gasteiger partial charge in [-0.05, 0) is 66.4 Å². The van der Waals surface area contributed by atoms with Crippen molar-refractivity contribution in [3.63, 3.8) is 0 Å². The molecular formula is C24H27NO5S2. The third-order valence-corrected chi connectivity index (χ3v) is 8.19. The zero-order valence-electron chi connectivity index (χ0n) is 18.1. The standard InChI is InChI=1S/C24H27NO5S2/c1-3-4-15-30-20-9-7-18(8-10-20)24(26)25-17-23(22-6-5-16-31-22)32(27,28)21-13-11-19(29-2)12-14-21/h5-14,16,23H,3-4,15,17H2,1-2H3,(H,25,26)/t23-/m1/s1. The predicted octanol–water partition coefficient (Wildman–Crippen LogP) is 4.88. The van der Waals surface area contributed by atoms with Gasteiger partial charge >= 0.3 is 0 Å². The highest BCUT2D eigenvalue weighted by molar-refractivity contribution is 7.91. The van der Waals surface area contributed by atoms with E-state index in [1.165, 1.54) is 30.6 Å². The first-order valence-corrected chi connectivity index (χ1v) is 12.8. The molecule has 1 N–H and O–H groups in total. The van der Waals surface area contributed by atoms with Crippen molar-refractivity contribution in [3.05, 3.63) is 76.5 Å². The van der Waals surface area contributed by atoms with Gasteiger partial charge in [0, 0.05) is 17.0 Å². The molecule has 0 fully saturated rings. The van der Waals surface area contributed by atoms with E-state index in [0.29, 0.717) is 28.5 Å². The maximum atomic E-state index is 13.3. The van der Waals surface area contributed by atoms with E-state index in [2.05, 4.69) is 12.2 Å². The Balaban J connectivity index is 1.73. The topological polar surface area (TPSA) is 81.7 Å². The van der Waals surface area contributed by atoms with Crippen LogP contribution >= 0.6 is 11.3 Å². The number of rotatable bonds is 11. The molecule has 0 aliphatic carbocycles. The Labute approximate surface area is 193 Å². The molecule has 0 spiro atoms. The molecule has 0 unspecified atom stereocenters. The first-order valence-electron chi connectivity index (χ1n) is 10.4. The predicted molar refractivity (Wildman–Crippen MR) is 126 cm³/mol. The molecule has 170 valence electrons. The summed E-state index contributed by atoms with van der Waals surface area (Å²) in [6.07, 6.45) is 2.01. The van der Waals surface area contributed by atoms with Gasteiger partial charge in [-0.25, -0.2) is 8.42 Å². The van der Waals surface area contributed by atoms with E-state index in [4.69, 9.17) is 9.47 Å². The van der Waals surface area contributed by atoms with Crippen molar-refractivity contribution in [1.82, 2.24) is 5.32 Å². The van der Waals surface area contributed by atoms with Gasteiger partial charge < -0.3 is 14.8 Å². The van der Waals surface area contributed by atoms with Gasteiger partial charge in [-0.3, -0.25) is 4.79 Å². The molecule has 0 radical (unpaired) electrons. The minimum Gasteiger partial charge on any atom is -0.497 e. The number of unbranched alkanes of at least 4 members (excludes halogenated alkanes) is 1. The Morgan fingerprint density at radius 1 is 1.03 bits per heavy atom. The van der Waals surface area contributed by atoms with Crippen LogP contribution in [0.5, 0.6) is 11.5 Å². The molecule has 1 heterocycles. The van der Waals surface area contributed by atoms with Gasteiger partial charge in [-0.2, -0.15) is 0 Å². The van der Waals surface area contributed by atoms with E-state index in [0.717, 1.165) is 12.8 Å². The number of ether oxygens (including phenoxy) is 2. The molecule has 0 aliphatic rings. The Bertz CT molecular complexity index is 1090. The van der Waals surface area contributed by atoms with Crippen molar-refractivity contribution in [3.8, 4) is 11.5 Å². The van der Waals surface area contributed by atoms with Gasteiger partial charge in [-0.1, -0.05) is 19.4 Å². The summed E-state index contributed by atoms with van der Waals surface area (Å²) in [5.41, 5.74) is 0.444. The Morgan fingerprint density at radius 2 is 1.72 bits per heavy atom. The summed E-state index contributed by atoms with van der Waals surface area (Å²) in [6, 6.07) is 16.7. The number of hydrogen-bond donors (Lipinski definition) is 1. The van der Waals surface area contributed by atoms with E-state index >= 15 is 0 Å². The van der Waals surface area contributed by atoms with Crippen molar-refractivity contribution in [2.45, 2.75) is 29.9 Å². The van der Waals surface area contributed by atoms with Crippen LogP contribution in [0.25, 0.3) is 0 Å². The number of benzene rings is 2. The molecule has 3 rings (SSSR count). The van der Waals surface area contributed by atoms with Crippen molar-refractivity contribution in [2.24, 2.45) is 0 Å². The van der Waals surface area contributed by atoms with E-state index in [-0.39, 0.29) is 17.3 Å². The molecule has 1 atom stereocenters. The van der Waals surface area contributed by atoms with Crippen LogP contribution in [0.4, 0.5) is 0 Å². The van der Waals surface area contributed by atoms with Crippen LogP contribution in [0.2, 0.25) is 0 Å². The zero-order valence-corrected chi connectivity index (χ0v) is 19.7. The van der Waals surface area contributed by atoms with Gasteiger partial charge in [0.15, 0.2) is 9.84 Å². The normalized spacial score (nSPS) is 12.2. The highest BCUT2D eigenvalue weighted by Gasteiger charge is 2.30. The van der Waals surface area contributed by atoms with E-state index in [1.807, 2.05) is 5.38 Å². The van der Waals surface area contributed by atoms with Crippen molar-refractivity contribution in [2.75, 3.05) is 20.3 Å². The van der Waals surface area contributed by atoms with E-state index in [9.17, 15) is 13.2 Å². The molecule has 8 heteroatoms. The summed E-state index contributed by atoms with van der Waals surface area (Å²) in [7, 11) is -2.20. The fourth-order valence-corrected chi connectivity index (χ4v) is 5.88. The lowest BCUT2D eigenvalue weighted by Gasteiger charge is -2.18. The third-order valence-electron chi connectivity index (χ3n) is 4.95. The lowest BCUT2D eigenvalue weighted by Crippen LogP contribution is -2.31. The summed E-state index contributed by atoms with van der Waals surface area (Å²) >= 11 is 1.35. The minimum atomic E-state index is -3.73. The van der Waals surface area contributed by atoms with Gasteiger partial charge in [-0.15, -0.1) is 11.3 Å². The maximum Gasteiger partial charge on any atom is 0.251 e. The molecule has 0 aliphatic heterocycles. The SMILES string of the molecule is CCCCOc1ccc(C(=O)NC[C@H](c2cccs2)S(=O)(=O)c2ccc(OC)cc2)cc1. The average Bonchev–Trinajstić information content (AvgIpc) is 3.34. The molecular weight excluding hydrogens is 446 g/mol. The van der Waals surface area contributed by atoms with Crippen LogP contribution in [0, 0.1) is 0 Å². The second-order valence-corrected chi connectivity index (χ2v) is 10.3. The molecule has 0 bridgehead atoms. The molecule has 2 aromatic carbocycles. The van der Waals surface area contributed by atoms with Crippen LogP contribution < -0.4 is 14.8 Å². The number of hydrogen-bond acceptors (Lipinski definition) is 6. The monoisotopic (exact) mass is 473 g/mol. The third kappa shape index (κ3) is 5.89. The van der Waals surface area contributed by atoms with Gasteiger partial charge in [0.2, 0.25) is 0 Å². The lowest BCUT2D eigenvalue weighted by atomic mass is 10.2. The Morgan fingerprint density at radius 3 is 2.31 bits per heavy atom. The summed E-state index contributed by atoms with van der Waals surface area (Å²) in [6.45, 7) is 2.69. The summed E-state index contributed by atoms with van der Waals surface area (Å²) in [5.74, 6) is 0.942. The molecule has 0 saturated carbocycles. The smallest absolute Gasteiger partial charge is 0.251 e. The van der Waals surface area contributed by atoms with Crippen molar-refractivity contribution < 1.29 is 22.7 Å². The number of carbonyl (C=O) groups is 1.